The highest BCUT2D eigenvalue weighted by Crippen LogP contribution is 2.49. The number of anilines is 5. The van der Waals surface area contributed by atoms with Gasteiger partial charge in [-0.2, -0.15) is 4.98 Å². The molecule has 1 unspecified atom stereocenters. The van der Waals surface area contributed by atoms with Gasteiger partial charge in [0.15, 0.2) is 5.82 Å². The quantitative estimate of drug-likeness (QED) is 0.215. The number of hydrogen-bond donors (Lipinski definition) is 3. The molecule has 5 aliphatic rings. The first-order valence-electron chi connectivity index (χ1n) is 21.3. The molecule has 2 atom stereocenters. The van der Waals surface area contributed by atoms with Crippen LogP contribution in [-0.2, 0) is 14.4 Å². The Labute approximate surface area is 345 Å². The van der Waals surface area contributed by atoms with E-state index in [-0.39, 0.29) is 53.4 Å². The number of likely N-dealkylation sites (tertiary alicyclic amines) is 1. The Hall–Kier alpha value is -5.31. The normalized spacial score (nSPS) is 22.5. The number of piperidine rings is 3. The molecule has 0 bridgehead atoms. The molecule has 59 heavy (non-hydrogen) atoms. The van der Waals surface area contributed by atoms with E-state index in [0.717, 1.165) is 71.2 Å². The molecule has 1 spiro atoms. The van der Waals surface area contributed by atoms with E-state index in [2.05, 4.69) is 30.7 Å². The topological polar surface area (TPSA) is 152 Å². The van der Waals surface area contributed by atoms with Crippen LogP contribution in [0.25, 0.3) is 0 Å². The predicted molar refractivity (Wildman–Crippen MR) is 224 cm³/mol. The lowest BCUT2D eigenvalue weighted by Gasteiger charge is -2.52. The zero-order chi connectivity index (χ0) is 41.4. The first kappa shape index (κ1) is 40.5. The molecule has 8 rings (SSSR count). The number of nitrogens with one attached hydrogen (secondary N) is 3. The molecule has 1 aromatic heterocycles. The van der Waals surface area contributed by atoms with E-state index in [0.29, 0.717) is 71.0 Å². The fourth-order valence-electron chi connectivity index (χ4n) is 10.0. The van der Waals surface area contributed by atoms with Gasteiger partial charge in [-0.1, -0.05) is 13.0 Å². The van der Waals surface area contributed by atoms with Gasteiger partial charge < -0.3 is 35.0 Å². The average molecular weight is 810 g/mol. The van der Waals surface area contributed by atoms with Crippen LogP contribution in [0.1, 0.15) is 93.5 Å². The van der Waals surface area contributed by atoms with E-state index < -0.39 is 5.92 Å². The van der Waals surface area contributed by atoms with Crippen LogP contribution < -0.4 is 35.4 Å². The molecule has 314 valence electrons. The van der Waals surface area contributed by atoms with Crippen molar-refractivity contribution in [2.75, 3.05) is 73.4 Å². The third kappa shape index (κ3) is 8.17. The lowest BCUT2D eigenvalue weighted by atomic mass is 9.60. The summed E-state index contributed by atoms with van der Waals surface area (Å²) < 4.78 is 21.0. The van der Waals surface area contributed by atoms with Crippen molar-refractivity contribution in [2.45, 2.75) is 89.6 Å². The minimum atomic E-state index is -0.489. The molecule has 1 aliphatic carbocycles. The van der Waals surface area contributed by atoms with E-state index in [1.54, 1.807) is 43.5 Å². The number of fused-ring (bicyclic) bond motifs is 1. The molecule has 14 nitrogen and oxygen atoms in total. The van der Waals surface area contributed by atoms with Gasteiger partial charge >= 0.3 is 0 Å². The Kier molecular flexibility index (Phi) is 11.5. The molecule has 4 amide bonds. The number of carbonyl (C=O) groups excluding carboxylic acids is 4. The zero-order valence-corrected chi connectivity index (χ0v) is 34.6. The van der Waals surface area contributed by atoms with Crippen LogP contribution in [0.15, 0.2) is 42.6 Å². The maximum atomic E-state index is 15.3. The van der Waals surface area contributed by atoms with Crippen molar-refractivity contribution in [2.24, 2.45) is 11.3 Å². The molecule has 4 aliphatic heterocycles. The van der Waals surface area contributed by atoms with Crippen molar-refractivity contribution in [1.82, 2.24) is 25.5 Å². The molecule has 3 N–H and O–H groups in total. The van der Waals surface area contributed by atoms with Gasteiger partial charge in [0.1, 0.15) is 23.3 Å². The number of imide groups is 1. The fourth-order valence-corrected chi connectivity index (χ4v) is 10.0. The van der Waals surface area contributed by atoms with Gasteiger partial charge in [-0.15, -0.1) is 0 Å². The number of ether oxygens (including phenoxy) is 1. The zero-order valence-electron chi connectivity index (χ0n) is 34.6. The highest BCUT2D eigenvalue weighted by molar-refractivity contribution is 6.04. The number of likely N-dealkylation sites (N-methyl/N-ethyl adjacent to an activating group) is 2. The first-order chi connectivity index (χ1) is 28.5. The van der Waals surface area contributed by atoms with Crippen molar-refractivity contribution in [1.29, 1.82) is 0 Å². The lowest BCUT2D eigenvalue weighted by molar-refractivity contribution is -0.134. The second-order valence-electron chi connectivity index (χ2n) is 17.1. The third-order valence-corrected chi connectivity index (χ3v) is 13.5. The Morgan fingerprint density at radius 2 is 1.76 bits per heavy atom. The summed E-state index contributed by atoms with van der Waals surface area (Å²) in [5.74, 6) is 0.625. The molecule has 4 fully saturated rings. The molecular weight excluding hydrogens is 754 g/mol. The summed E-state index contributed by atoms with van der Waals surface area (Å²) in [7, 11) is 3.32. The number of aromatic nitrogens is 2. The predicted octanol–water partition coefficient (Wildman–Crippen LogP) is 5.36. The SMILES string of the molecule is CC[C@@H]1C(=O)N(C)c2cnc(Nc3ccc(C(=O)NC4CC5(CCN(CC6CCN(c7ccc(C8CCC(=O)NC8=O)cc7F)CC6)CC5)C4)cc3OC)nc2N1CC. The number of rotatable bonds is 11. The van der Waals surface area contributed by atoms with Crippen molar-refractivity contribution >= 4 is 52.5 Å². The van der Waals surface area contributed by atoms with Gasteiger partial charge in [0.25, 0.3) is 5.91 Å². The van der Waals surface area contributed by atoms with Crippen LogP contribution in [0.4, 0.5) is 33.2 Å². The van der Waals surface area contributed by atoms with Gasteiger partial charge in [-0.25, -0.2) is 9.37 Å². The van der Waals surface area contributed by atoms with Crippen molar-refractivity contribution in [3.63, 3.8) is 0 Å². The minimum absolute atomic E-state index is 0.0285. The Morgan fingerprint density at radius 3 is 2.44 bits per heavy atom. The summed E-state index contributed by atoms with van der Waals surface area (Å²) in [4.78, 5) is 67.7. The molecule has 3 aromatic rings. The lowest BCUT2D eigenvalue weighted by Crippen LogP contribution is -2.55. The van der Waals surface area contributed by atoms with Crippen molar-refractivity contribution < 1.29 is 28.3 Å². The van der Waals surface area contributed by atoms with Gasteiger partial charge in [-0.05, 0) is 119 Å². The number of amides is 4. The summed E-state index contributed by atoms with van der Waals surface area (Å²) in [6.45, 7) is 9.41. The Bertz CT molecular complexity index is 2090. The van der Waals surface area contributed by atoms with Crippen LogP contribution in [0, 0.1) is 17.2 Å². The molecule has 2 aromatic carbocycles. The average Bonchev–Trinajstić information content (AvgIpc) is 3.22. The van der Waals surface area contributed by atoms with Gasteiger partial charge in [0.2, 0.25) is 23.7 Å². The van der Waals surface area contributed by atoms with Crippen LogP contribution in [0.2, 0.25) is 0 Å². The second kappa shape index (κ2) is 16.7. The number of methoxy groups -OCH3 is 1. The van der Waals surface area contributed by atoms with E-state index >= 15 is 4.39 Å². The molecule has 1 saturated carbocycles. The van der Waals surface area contributed by atoms with Crippen LogP contribution >= 0.6 is 0 Å². The number of hydrogen-bond acceptors (Lipinski definition) is 11. The summed E-state index contributed by atoms with van der Waals surface area (Å²) >= 11 is 0. The van der Waals surface area contributed by atoms with Crippen molar-refractivity contribution in [3.05, 3.63) is 59.5 Å². The largest absolute Gasteiger partial charge is 0.495 e. The van der Waals surface area contributed by atoms with Gasteiger partial charge in [0.05, 0.1) is 30.6 Å². The summed E-state index contributed by atoms with van der Waals surface area (Å²) in [5, 5.41) is 8.87. The van der Waals surface area contributed by atoms with E-state index in [1.807, 2.05) is 30.9 Å². The highest BCUT2D eigenvalue weighted by Gasteiger charge is 2.46. The standard InChI is InChI=1S/C44H56FN9O5/c1-5-34-42(58)51(3)36-25-46-43(50-39(36)54(34)6-2)48-33-10-7-29(22-37(33)59-4)40(56)47-30-23-44(24-30)15-19-52(20-16-44)26-27-13-17-53(18-14-27)35-11-8-28(21-32(35)45)31-9-12-38(55)49-41(31)57/h7-8,10-11,21-22,25,27,30-31,34H,5-6,9,12-20,23-24,26H2,1-4H3,(H,47,56)(H,46,48,50)(H,49,55,57)/t31?,34-/m1/s1. The van der Waals surface area contributed by atoms with Gasteiger partial charge in [-0.3, -0.25) is 24.5 Å². The molecule has 0 radical (unpaired) electrons. The summed E-state index contributed by atoms with van der Waals surface area (Å²) in [5.41, 5.74) is 3.30. The van der Waals surface area contributed by atoms with Crippen LogP contribution in [-0.4, -0.2) is 104 Å². The number of nitrogens with zero attached hydrogens (tertiary/aromatic N) is 6. The second-order valence-corrected chi connectivity index (χ2v) is 17.1. The van der Waals surface area contributed by atoms with E-state index in [9.17, 15) is 19.2 Å². The van der Waals surface area contributed by atoms with Gasteiger partial charge in [0, 0.05) is 51.3 Å². The number of carbonyl (C=O) groups is 4. The number of halogens is 1. The smallest absolute Gasteiger partial charge is 0.251 e. The van der Waals surface area contributed by atoms with Crippen molar-refractivity contribution in [3.8, 4) is 5.75 Å². The van der Waals surface area contributed by atoms with Crippen LogP contribution in [0.3, 0.4) is 0 Å². The Balaban J connectivity index is 0.784. The first-order valence-corrected chi connectivity index (χ1v) is 21.3. The monoisotopic (exact) mass is 809 g/mol. The molecular formula is C44H56FN9O5. The third-order valence-electron chi connectivity index (χ3n) is 13.5. The van der Waals surface area contributed by atoms with Crippen LogP contribution in [0.5, 0.6) is 5.75 Å². The highest BCUT2D eigenvalue weighted by atomic mass is 19.1. The molecule has 15 heteroatoms. The molecule has 3 saturated heterocycles. The van der Waals surface area contributed by atoms with E-state index in [4.69, 9.17) is 9.72 Å². The summed E-state index contributed by atoms with van der Waals surface area (Å²) in [6, 6.07) is 10.3. The Morgan fingerprint density at radius 1 is 1.00 bits per heavy atom. The molecule has 5 heterocycles. The minimum Gasteiger partial charge on any atom is -0.495 e. The maximum Gasteiger partial charge on any atom is 0.251 e. The maximum absolute atomic E-state index is 15.3. The fraction of sp³-hybridized carbons (Fsp3) is 0.545. The summed E-state index contributed by atoms with van der Waals surface area (Å²) in [6.07, 6.45) is 9.25. The van der Waals surface area contributed by atoms with E-state index in [1.165, 1.54) is 6.07 Å². The number of benzene rings is 2.